The van der Waals surface area contributed by atoms with E-state index in [9.17, 15) is 14.7 Å². The van der Waals surface area contributed by atoms with Crippen molar-refractivity contribution in [2.24, 2.45) is 0 Å². The molecule has 1 aromatic carbocycles. The van der Waals surface area contributed by atoms with Crippen LogP contribution in [0.5, 0.6) is 0 Å². The lowest BCUT2D eigenvalue weighted by Crippen LogP contribution is -2.44. The molecule has 1 heterocycles. The summed E-state index contributed by atoms with van der Waals surface area (Å²) >= 11 is 0. The van der Waals surface area contributed by atoms with Crippen LogP contribution in [0.3, 0.4) is 0 Å². The van der Waals surface area contributed by atoms with E-state index < -0.39 is 29.5 Å². The number of aryl methyl sites for hydroxylation is 1. The summed E-state index contributed by atoms with van der Waals surface area (Å²) in [5.74, 6) is -2.90. The van der Waals surface area contributed by atoms with Gasteiger partial charge in [0.05, 0.1) is 12.3 Å². The summed E-state index contributed by atoms with van der Waals surface area (Å²) in [6, 6.07) is 5.50. The minimum Gasteiger partial charge on any atom is -0.479 e. The molecular weight excluding hydrogens is 388 g/mol. The van der Waals surface area contributed by atoms with E-state index >= 15 is 0 Å². The van der Waals surface area contributed by atoms with E-state index in [2.05, 4.69) is 18.7 Å². The molecule has 0 saturated heterocycles. The topological polar surface area (TPSA) is 88.5 Å². The van der Waals surface area contributed by atoms with Gasteiger partial charge in [-0.25, -0.2) is 14.5 Å². The first kappa shape index (κ1) is 23.4. The standard InChI is InChI=1S/C22H32N2O6/c1-7-10-13-28-21(27)24(18-19(25)29-22(5,6)30-20(18)26)17-12-11-16(14-15(17)4)23(8-2)9-3/h11-12,14,25H,7-10,13H2,1-6H3. The van der Waals surface area contributed by atoms with Gasteiger partial charge in [-0.05, 0) is 51.0 Å². The molecule has 0 unspecified atom stereocenters. The van der Waals surface area contributed by atoms with Gasteiger partial charge in [0.2, 0.25) is 5.70 Å². The van der Waals surface area contributed by atoms with Crippen LogP contribution in [0.25, 0.3) is 0 Å². The van der Waals surface area contributed by atoms with Crippen molar-refractivity contribution in [3.8, 4) is 0 Å². The van der Waals surface area contributed by atoms with Crippen molar-refractivity contribution in [1.82, 2.24) is 0 Å². The Balaban J connectivity index is 2.52. The molecule has 0 bridgehead atoms. The predicted octanol–water partition coefficient (Wildman–Crippen LogP) is 4.62. The van der Waals surface area contributed by atoms with Crippen LogP contribution < -0.4 is 9.80 Å². The number of hydrogen-bond acceptors (Lipinski definition) is 7. The summed E-state index contributed by atoms with van der Waals surface area (Å²) in [6.45, 7) is 12.8. The Morgan fingerprint density at radius 3 is 2.37 bits per heavy atom. The van der Waals surface area contributed by atoms with Crippen molar-refractivity contribution >= 4 is 23.4 Å². The van der Waals surface area contributed by atoms with E-state index in [-0.39, 0.29) is 6.61 Å². The molecule has 8 heteroatoms. The van der Waals surface area contributed by atoms with Gasteiger partial charge in [0, 0.05) is 32.6 Å². The highest BCUT2D eigenvalue weighted by atomic mass is 16.8. The fraction of sp³-hybridized carbons (Fsp3) is 0.545. The summed E-state index contributed by atoms with van der Waals surface area (Å²) in [5.41, 5.74) is 1.70. The number of aliphatic hydroxyl groups excluding tert-OH is 1. The molecule has 1 aliphatic rings. The second-order valence-electron chi connectivity index (χ2n) is 7.49. The molecule has 0 atom stereocenters. The lowest BCUT2D eigenvalue weighted by molar-refractivity contribution is -0.222. The molecule has 0 spiro atoms. The SMILES string of the molecule is CCCCOC(=O)N(C1=C(O)OC(C)(C)OC1=O)c1ccc(N(CC)CC)cc1C. The van der Waals surface area contributed by atoms with Crippen molar-refractivity contribution in [2.45, 2.75) is 60.2 Å². The number of unbranched alkanes of at least 4 members (excludes halogenated alkanes) is 1. The predicted molar refractivity (Wildman–Crippen MR) is 114 cm³/mol. The monoisotopic (exact) mass is 420 g/mol. The first-order chi connectivity index (χ1) is 14.1. The number of rotatable bonds is 8. The Bertz CT molecular complexity index is 814. The molecule has 1 aromatic rings. The second-order valence-corrected chi connectivity index (χ2v) is 7.49. The van der Waals surface area contributed by atoms with Crippen LogP contribution in [-0.2, 0) is 19.0 Å². The molecule has 2 rings (SSSR count). The third kappa shape index (κ3) is 5.17. The van der Waals surface area contributed by atoms with Gasteiger partial charge in [-0.15, -0.1) is 0 Å². The number of carbonyl (C=O) groups is 2. The quantitative estimate of drug-likeness (QED) is 0.485. The average Bonchev–Trinajstić information content (AvgIpc) is 2.65. The highest BCUT2D eigenvalue weighted by Gasteiger charge is 2.42. The number of ether oxygens (including phenoxy) is 3. The number of carbonyl (C=O) groups excluding carboxylic acids is 2. The molecule has 0 radical (unpaired) electrons. The fourth-order valence-corrected chi connectivity index (χ4v) is 3.20. The number of cyclic esters (lactones) is 1. The molecule has 1 aliphatic heterocycles. The van der Waals surface area contributed by atoms with E-state index in [1.807, 2.05) is 26.0 Å². The first-order valence-electron chi connectivity index (χ1n) is 10.3. The zero-order chi connectivity index (χ0) is 22.5. The maximum absolute atomic E-state index is 12.9. The number of aliphatic hydroxyl groups is 1. The molecule has 0 fully saturated rings. The zero-order valence-corrected chi connectivity index (χ0v) is 18.7. The molecular formula is C22H32N2O6. The van der Waals surface area contributed by atoms with Crippen molar-refractivity contribution in [2.75, 3.05) is 29.5 Å². The number of anilines is 2. The molecule has 0 aliphatic carbocycles. The Morgan fingerprint density at radius 1 is 1.17 bits per heavy atom. The van der Waals surface area contributed by atoms with Gasteiger partial charge in [0.15, 0.2) is 0 Å². The molecule has 8 nitrogen and oxygen atoms in total. The molecule has 1 amide bonds. The van der Waals surface area contributed by atoms with E-state index in [0.717, 1.165) is 35.7 Å². The lowest BCUT2D eigenvalue weighted by Gasteiger charge is -2.34. The van der Waals surface area contributed by atoms with Gasteiger partial charge in [0.1, 0.15) is 0 Å². The Kier molecular flexibility index (Phi) is 7.59. The van der Waals surface area contributed by atoms with Gasteiger partial charge in [-0.1, -0.05) is 13.3 Å². The van der Waals surface area contributed by atoms with Crippen LogP contribution >= 0.6 is 0 Å². The molecule has 30 heavy (non-hydrogen) atoms. The van der Waals surface area contributed by atoms with Crippen molar-refractivity contribution < 1.29 is 28.9 Å². The Hall–Kier alpha value is -2.90. The lowest BCUT2D eigenvalue weighted by atomic mass is 10.1. The number of hydrogen-bond donors (Lipinski definition) is 1. The third-order valence-corrected chi connectivity index (χ3v) is 4.76. The summed E-state index contributed by atoms with van der Waals surface area (Å²) in [6.07, 6.45) is 0.736. The Labute approximate surface area is 178 Å². The van der Waals surface area contributed by atoms with Gasteiger partial charge in [0.25, 0.3) is 5.79 Å². The summed E-state index contributed by atoms with van der Waals surface area (Å²) in [7, 11) is 0. The maximum atomic E-state index is 12.9. The number of nitrogens with zero attached hydrogens (tertiary/aromatic N) is 2. The minimum atomic E-state index is -1.34. The van der Waals surface area contributed by atoms with Crippen LogP contribution in [0.2, 0.25) is 0 Å². The largest absolute Gasteiger partial charge is 0.479 e. The number of benzene rings is 1. The minimum absolute atomic E-state index is 0.192. The first-order valence-corrected chi connectivity index (χ1v) is 10.3. The molecule has 1 N–H and O–H groups in total. The average molecular weight is 421 g/mol. The third-order valence-electron chi connectivity index (χ3n) is 4.76. The summed E-state index contributed by atoms with van der Waals surface area (Å²) in [4.78, 5) is 28.8. The molecule has 166 valence electrons. The number of esters is 1. The maximum Gasteiger partial charge on any atom is 0.419 e. The highest BCUT2D eigenvalue weighted by Crippen LogP contribution is 2.34. The fourth-order valence-electron chi connectivity index (χ4n) is 3.20. The van der Waals surface area contributed by atoms with Crippen LogP contribution in [0, 0.1) is 6.92 Å². The van der Waals surface area contributed by atoms with E-state index in [0.29, 0.717) is 12.1 Å². The Morgan fingerprint density at radius 2 is 1.83 bits per heavy atom. The smallest absolute Gasteiger partial charge is 0.419 e. The molecule has 0 aromatic heterocycles. The van der Waals surface area contributed by atoms with Gasteiger partial charge >= 0.3 is 18.0 Å². The van der Waals surface area contributed by atoms with Crippen molar-refractivity contribution in [3.05, 3.63) is 35.4 Å². The van der Waals surface area contributed by atoms with E-state index in [1.54, 1.807) is 6.07 Å². The van der Waals surface area contributed by atoms with Crippen molar-refractivity contribution in [1.29, 1.82) is 0 Å². The van der Waals surface area contributed by atoms with Crippen LogP contribution in [0.1, 0.15) is 53.0 Å². The van der Waals surface area contributed by atoms with E-state index in [1.165, 1.54) is 13.8 Å². The van der Waals surface area contributed by atoms with Crippen LogP contribution in [-0.4, -0.2) is 42.7 Å². The van der Waals surface area contributed by atoms with Crippen molar-refractivity contribution in [3.63, 3.8) is 0 Å². The summed E-state index contributed by atoms with van der Waals surface area (Å²) in [5, 5.41) is 10.4. The van der Waals surface area contributed by atoms with Crippen LogP contribution in [0.15, 0.2) is 29.8 Å². The normalized spacial score (nSPS) is 15.3. The second kappa shape index (κ2) is 9.73. The number of amides is 1. The highest BCUT2D eigenvalue weighted by molar-refractivity contribution is 6.05. The molecule has 0 saturated carbocycles. The zero-order valence-electron chi connectivity index (χ0n) is 18.7. The summed E-state index contributed by atoms with van der Waals surface area (Å²) < 4.78 is 15.9. The van der Waals surface area contributed by atoms with Gasteiger partial charge in [-0.2, -0.15) is 0 Å². The van der Waals surface area contributed by atoms with E-state index in [4.69, 9.17) is 14.2 Å². The van der Waals surface area contributed by atoms with Gasteiger partial charge in [-0.3, -0.25) is 0 Å². The van der Waals surface area contributed by atoms with Gasteiger partial charge < -0.3 is 24.2 Å². The van der Waals surface area contributed by atoms with Crippen LogP contribution in [0.4, 0.5) is 16.2 Å².